The molecule has 0 spiro atoms. The summed E-state index contributed by atoms with van der Waals surface area (Å²) in [7, 11) is 4.03. The van der Waals surface area contributed by atoms with Gasteiger partial charge in [0.15, 0.2) is 0 Å². The highest BCUT2D eigenvalue weighted by atomic mass is 16.2. The van der Waals surface area contributed by atoms with E-state index >= 15 is 0 Å². The Balaban J connectivity index is 2.59. The van der Waals surface area contributed by atoms with Crippen molar-refractivity contribution in [2.24, 2.45) is 0 Å². The molecule has 20 heavy (non-hydrogen) atoms. The van der Waals surface area contributed by atoms with Crippen LogP contribution in [-0.2, 0) is 11.3 Å². The second-order valence-electron chi connectivity index (χ2n) is 5.02. The first-order valence-corrected chi connectivity index (χ1v) is 6.91. The number of rotatable bonds is 9. The summed E-state index contributed by atoms with van der Waals surface area (Å²) in [5.74, 6) is 0.123. The lowest BCUT2D eigenvalue weighted by Crippen LogP contribution is -2.41. The molecule has 0 aliphatic rings. The van der Waals surface area contributed by atoms with Gasteiger partial charge in [-0.25, -0.2) is 0 Å². The molecule has 0 saturated carbocycles. The van der Waals surface area contributed by atoms with E-state index in [1.54, 1.807) is 6.08 Å². The Bertz CT molecular complexity index is 403. The van der Waals surface area contributed by atoms with Gasteiger partial charge in [-0.15, -0.1) is 6.58 Å². The molecule has 0 saturated heterocycles. The summed E-state index contributed by atoms with van der Waals surface area (Å²) in [4.78, 5) is 16.2. The van der Waals surface area contributed by atoms with Gasteiger partial charge in [-0.2, -0.15) is 0 Å². The largest absolute Gasteiger partial charge is 0.336 e. The van der Waals surface area contributed by atoms with Crippen LogP contribution in [0.15, 0.2) is 43.0 Å². The molecular weight excluding hydrogens is 250 g/mol. The maximum absolute atomic E-state index is 12.2. The Morgan fingerprint density at radius 3 is 2.55 bits per heavy atom. The molecule has 0 aromatic heterocycles. The first kappa shape index (κ1) is 16.4. The molecule has 4 heteroatoms. The van der Waals surface area contributed by atoms with Crippen LogP contribution in [0.3, 0.4) is 0 Å². The van der Waals surface area contributed by atoms with Crippen molar-refractivity contribution in [1.82, 2.24) is 15.1 Å². The zero-order valence-corrected chi connectivity index (χ0v) is 12.5. The SMILES string of the molecule is C=CCNCC(=O)N(CCN(C)C)Cc1ccccc1. The van der Waals surface area contributed by atoms with Crippen LogP contribution in [0.4, 0.5) is 0 Å². The van der Waals surface area contributed by atoms with E-state index in [1.807, 2.05) is 49.3 Å². The zero-order valence-electron chi connectivity index (χ0n) is 12.5. The van der Waals surface area contributed by atoms with Crippen LogP contribution >= 0.6 is 0 Å². The van der Waals surface area contributed by atoms with Gasteiger partial charge < -0.3 is 15.1 Å². The quantitative estimate of drug-likeness (QED) is 0.546. The number of nitrogens with zero attached hydrogens (tertiary/aromatic N) is 2. The minimum Gasteiger partial charge on any atom is -0.336 e. The predicted molar refractivity (Wildman–Crippen MR) is 83.5 cm³/mol. The number of nitrogens with one attached hydrogen (secondary N) is 1. The fourth-order valence-electron chi connectivity index (χ4n) is 1.81. The van der Waals surface area contributed by atoms with Crippen LogP contribution in [0.5, 0.6) is 0 Å². The van der Waals surface area contributed by atoms with E-state index in [9.17, 15) is 4.79 Å². The fraction of sp³-hybridized carbons (Fsp3) is 0.438. The minimum absolute atomic E-state index is 0.123. The average Bonchev–Trinajstić information content (AvgIpc) is 2.44. The molecule has 0 aliphatic heterocycles. The summed E-state index contributed by atoms with van der Waals surface area (Å²) in [6.07, 6.45) is 1.76. The molecule has 0 unspecified atom stereocenters. The van der Waals surface area contributed by atoms with E-state index in [2.05, 4.69) is 16.8 Å². The number of likely N-dealkylation sites (N-methyl/N-ethyl adjacent to an activating group) is 1. The summed E-state index contributed by atoms with van der Waals surface area (Å²) in [6.45, 7) is 6.89. The molecule has 110 valence electrons. The lowest BCUT2D eigenvalue weighted by Gasteiger charge is -2.24. The van der Waals surface area contributed by atoms with Gasteiger partial charge in [-0.1, -0.05) is 36.4 Å². The second kappa shape index (κ2) is 9.28. The second-order valence-corrected chi connectivity index (χ2v) is 5.02. The first-order chi connectivity index (χ1) is 9.63. The van der Waals surface area contributed by atoms with Crippen LogP contribution in [0.2, 0.25) is 0 Å². The number of hydrogen-bond acceptors (Lipinski definition) is 3. The van der Waals surface area contributed by atoms with Gasteiger partial charge in [0.05, 0.1) is 6.54 Å². The van der Waals surface area contributed by atoms with E-state index < -0.39 is 0 Å². The minimum atomic E-state index is 0.123. The third-order valence-corrected chi connectivity index (χ3v) is 2.95. The molecule has 1 amide bonds. The third-order valence-electron chi connectivity index (χ3n) is 2.95. The monoisotopic (exact) mass is 275 g/mol. The van der Waals surface area contributed by atoms with Crippen molar-refractivity contribution in [2.75, 3.05) is 40.3 Å². The molecule has 0 fully saturated rings. The lowest BCUT2D eigenvalue weighted by atomic mass is 10.2. The van der Waals surface area contributed by atoms with Crippen molar-refractivity contribution in [3.8, 4) is 0 Å². The number of carbonyl (C=O) groups excluding carboxylic acids is 1. The molecule has 4 nitrogen and oxygen atoms in total. The maximum Gasteiger partial charge on any atom is 0.236 e. The van der Waals surface area contributed by atoms with Crippen LogP contribution < -0.4 is 5.32 Å². The van der Waals surface area contributed by atoms with Gasteiger partial charge in [-0.3, -0.25) is 4.79 Å². The smallest absolute Gasteiger partial charge is 0.236 e. The molecule has 1 rings (SSSR count). The topological polar surface area (TPSA) is 35.6 Å². The van der Waals surface area contributed by atoms with Gasteiger partial charge in [0.25, 0.3) is 0 Å². The molecule has 0 radical (unpaired) electrons. The van der Waals surface area contributed by atoms with Gasteiger partial charge in [-0.05, 0) is 19.7 Å². The summed E-state index contributed by atoms with van der Waals surface area (Å²) >= 11 is 0. The summed E-state index contributed by atoms with van der Waals surface area (Å²) < 4.78 is 0. The van der Waals surface area contributed by atoms with Crippen LogP contribution in [0, 0.1) is 0 Å². The summed E-state index contributed by atoms with van der Waals surface area (Å²) in [5.41, 5.74) is 1.16. The third kappa shape index (κ3) is 6.50. The van der Waals surface area contributed by atoms with Gasteiger partial charge in [0.1, 0.15) is 0 Å². The number of amides is 1. The van der Waals surface area contributed by atoms with E-state index in [1.165, 1.54) is 0 Å². The number of carbonyl (C=O) groups is 1. The van der Waals surface area contributed by atoms with Crippen molar-refractivity contribution in [3.05, 3.63) is 48.6 Å². The molecule has 1 aromatic rings. The highest BCUT2D eigenvalue weighted by Gasteiger charge is 2.13. The van der Waals surface area contributed by atoms with Gasteiger partial charge in [0, 0.05) is 26.2 Å². The molecule has 0 aliphatic carbocycles. The standard InChI is InChI=1S/C16H25N3O/c1-4-10-17-13-16(20)19(12-11-18(2)3)14-15-8-6-5-7-9-15/h4-9,17H,1,10-14H2,2-3H3. The Morgan fingerprint density at radius 1 is 1.25 bits per heavy atom. The maximum atomic E-state index is 12.2. The van der Waals surface area contributed by atoms with Gasteiger partial charge >= 0.3 is 0 Å². The highest BCUT2D eigenvalue weighted by Crippen LogP contribution is 2.04. The normalized spacial score (nSPS) is 10.6. The molecule has 0 atom stereocenters. The van der Waals surface area contributed by atoms with Crippen molar-refractivity contribution < 1.29 is 4.79 Å². The summed E-state index contributed by atoms with van der Waals surface area (Å²) in [5, 5.41) is 3.07. The van der Waals surface area contributed by atoms with Gasteiger partial charge in [0.2, 0.25) is 5.91 Å². The fourth-order valence-corrected chi connectivity index (χ4v) is 1.81. The van der Waals surface area contributed by atoms with Crippen molar-refractivity contribution in [2.45, 2.75) is 6.54 Å². The Morgan fingerprint density at radius 2 is 1.95 bits per heavy atom. The van der Waals surface area contributed by atoms with E-state index in [0.29, 0.717) is 19.6 Å². The Hall–Kier alpha value is -1.65. The molecule has 0 bridgehead atoms. The van der Waals surface area contributed by atoms with Crippen molar-refractivity contribution >= 4 is 5.91 Å². The molecule has 1 aromatic carbocycles. The van der Waals surface area contributed by atoms with E-state index in [4.69, 9.17) is 0 Å². The number of hydrogen-bond donors (Lipinski definition) is 1. The molecular formula is C16H25N3O. The predicted octanol–water partition coefficient (Wildman–Crippen LogP) is 1.35. The zero-order chi connectivity index (χ0) is 14.8. The van der Waals surface area contributed by atoms with Crippen LogP contribution in [0.25, 0.3) is 0 Å². The lowest BCUT2D eigenvalue weighted by molar-refractivity contribution is -0.131. The number of benzene rings is 1. The average molecular weight is 275 g/mol. The summed E-state index contributed by atoms with van der Waals surface area (Å²) in [6, 6.07) is 10.1. The molecule has 0 heterocycles. The van der Waals surface area contributed by atoms with Crippen molar-refractivity contribution in [1.29, 1.82) is 0 Å². The Kier molecular flexibility index (Phi) is 7.62. The molecule has 1 N–H and O–H groups in total. The highest BCUT2D eigenvalue weighted by molar-refractivity contribution is 5.78. The van der Waals surface area contributed by atoms with E-state index in [0.717, 1.165) is 18.7 Å². The van der Waals surface area contributed by atoms with E-state index in [-0.39, 0.29) is 5.91 Å². The Labute approximate surface area is 122 Å². The van der Waals surface area contributed by atoms with Crippen molar-refractivity contribution in [3.63, 3.8) is 0 Å². The van der Waals surface area contributed by atoms with Crippen LogP contribution in [0.1, 0.15) is 5.56 Å². The first-order valence-electron chi connectivity index (χ1n) is 6.91. The van der Waals surface area contributed by atoms with Crippen LogP contribution in [-0.4, -0.2) is 56.0 Å².